The van der Waals surface area contributed by atoms with Crippen LogP contribution >= 0.6 is 0 Å². The minimum absolute atomic E-state index is 0.0171. The van der Waals surface area contributed by atoms with Crippen LogP contribution in [0, 0.1) is 5.41 Å². The summed E-state index contributed by atoms with van der Waals surface area (Å²) in [6, 6.07) is 0. The molecular weight excluding hydrogens is 186 g/mol. The molecule has 0 radical (unpaired) electrons. The molecule has 1 amide bonds. The molecule has 14 heavy (non-hydrogen) atoms. The second-order valence-corrected chi connectivity index (χ2v) is 3.75. The number of carboxylic acid groups (broad SMARTS) is 1. The van der Waals surface area contributed by atoms with E-state index in [2.05, 4.69) is 0 Å². The van der Waals surface area contributed by atoms with Crippen LogP contribution in [0.25, 0.3) is 0 Å². The first-order valence-corrected chi connectivity index (χ1v) is 4.80. The molecule has 1 aliphatic rings. The highest BCUT2D eigenvalue weighted by atomic mass is 16.5. The van der Waals surface area contributed by atoms with Gasteiger partial charge in [0, 0.05) is 25.1 Å². The zero-order valence-electron chi connectivity index (χ0n) is 8.40. The quantitative estimate of drug-likeness (QED) is 0.693. The Morgan fingerprint density at radius 2 is 2.36 bits per heavy atom. The number of nitrogens with zero attached hydrogens (tertiary/aromatic N) is 1. The summed E-state index contributed by atoms with van der Waals surface area (Å²) < 4.78 is 5.26. The molecule has 1 atom stereocenters. The first kappa shape index (κ1) is 11.3. The van der Waals surface area contributed by atoms with E-state index in [1.165, 1.54) is 4.90 Å². The fraction of sp³-hybridized carbons (Fsp3) is 0.889. The van der Waals surface area contributed by atoms with E-state index in [0.29, 0.717) is 32.7 Å². The lowest BCUT2D eigenvalue weighted by Crippen LogP contribution is -2.36. The Labute approximate surface area is 83.3 Å². The molecule has 0 bridgehead atoms. The van der Waals surface area contributed by atoms with Crippen molar-refractivity contribution in [3.8, 4) is 0 Å². The molecule has 5 heteroatoms. The monoisotopic (exact) mass is 203 g/mol. The van der Waals surface area contributed by atoms with Crippen LogP contribution in [0.2, 0.25) is 0 Å². The zero-order chi connectivity index (χ0) is 10.6. The Morgan fingerprint density at radius 1 is 1.64 bits per heavy atom. The second kappa shape index (κ2) is 4.61. The first-order chi connectivity index (χ1) is 6.63. The molecule has 1 heterocycles. The Hall–Kier alpha value is -0.810. The molecule has 5 nitrogen and oxygen atoms in total. The lowest BCUT2D eigenvalue weighted by atomic mass is 9.89. The van der Waals surface area contributed by atoms with Crippen LogP contribution in [-0.4, -0.2) is 54.1 Å². The van der Waals surface area contributed by atoms with Crippen LogP contribution in [0.1, 0.15) is 13.3 Å². The minimum Gasteiger partial charge on any atom is -0.465 e. The van der Waals surface area contributed by atoms with E-state index in [1.807, 2.05) is 6.92 Å². The smallest absolute Gasteiger partial charge is 0.407 e. The molecule has 0 saturated carbocycles. The number of amides is 1. The predicted octanol–water partition coefficient (Wildman–Crippen LogP) is 0.385. The van der Waals surface area contributed by atoms with Crippen LogP contribution in [0.5, 0.6) is 0 Å². The third-order valence-corrected chi connectivity index (χ3v) is 2.66. The van der Waals surface area contributed by atoms with E-state index in [9.17, 15) is 9.90 Å². The van der Waals surface area contributed by atoms with Crippen LogP contribution < -0.4 is 0 Å². The van der Waals surface area contributed by atoms with E-state index in [0.717, 1.165) is 0 Å². The molecule has 2 N–H and O–H groups in total. The van der Waals surface area contributed by atoms with E-state index in [-0.39, 0.29) is 12.0 Å². The maximum atomic E-state index is 10.7. The van der Waals surface area contributed by atoms with Crippen molar-refractivity contribution in [2.24, 2.45) is 5.41 Å². The Balaban J connectivity index is 2.52. The van der Waals surface area contributed by atoms with Gasteiger partial charge in [-0.05, 0) is 13.3 Å². The molecule has 0 aromatic heterocycles. The number of carbonyl (C=O) groups is 1. The number of aliphatic hydroxyl groups is 1. The van der Waals surface area contributed by atoms with Crippen molar-refractivity contribution in [1.82, 2.24) is 4.90 Å². The topological polar surface area (TPSA) is 70.0 Å². The van der Waals surface area contributed by atoms with Gasteiger partial charge in [-0.2, -0.15) is 0 Å². The highest BCUT2D eigenvalue weighted by Gasteiger charge is 2.39. The second-order valence-electron chi connectivity index (χ2n) is 3.75. The normalized spacial score (nSPS) is 26.9. The van der Waals surface area contributed by atoms with Crippen molar-refractivity contribution in [3.05, 3.63) is 0 Å². The fourth-order valence-electron chi connectivity index (χ4n) is 1.71. The van der Waals surface area contributed by atoms with E-state index in [1.54, 1.807) is 0 Å². The molecule has 1 saturated heterocycles. The minimum atomic E-state index is -0.920. The van der Waals surface area contributed by atoms with Crippen LogP contribution in [0.15, 0.2) is 0 Å². The van der Waals surface area contributed by atoms with Crippen molar-refractivity contribution < 1.29 is 19.7 Å². The molecule has 1 fully saturated rings. The summed E-state index contributed by atoms with van der Waals surface area (Å²) in [6.07, 6.45) is -0.243. The average Bonchev–Trinajstić information content (AvgIpc) is 2.60. The summed E-state index contributed by atoms with van der Waals surface area (Å²) in [5.41, 5.74) is -0.381. The van der Waals surface area contributed by atoms with Gasteiger partial charge in [0.1, 0.15) is 0 Å². The Bertz CT molecular complexity index is 209. The highest BCUT2D eigenvalue weighted by molar-refractivity contribution is 5.65. The maximum absolute atomic E-state index is 10.7. The van der Waals surface area contributed by atoms with Gasteiger partial charge in [-0.15, -0.1) is 0 Å². The molecule has 1 unspecified atom stereocenters. The number of ether oxygens (including phenoxy) is 1. The molecule has 0 aliphatic carbocycles. The fourth-order valence-corrected chi connectivity index (χ4v) is 1.71. The number of hydrogen-bond donors (Lipinski definition) is 2. The Morgan fingerprint density at radius 3 is 2.79 bits per heavy atom. The van der Waals surface area contributed by atoms with Crippen molar-refractivity contribution >= 4 is 6.09 Å². The molecular formula is C9H17NO4. The maximum Gasteiger partial charge on any atom is 0.407 e. The lowest BCUT2D eigenvalue weighted by molar-refractivity contribution is 0.0175. The molecule has 1 aliphatic heterocycles. The molecule has 82 valence electrons. The van der Waals surface area contributed by atoms with Crippen LogP contribution in [0.3, 0.4) is 0 Å². The van der Waals surface area contributed by atoms with Crippen LogP contribution in [-0.2, 0) is 4.74 Å². The third kappa shape index (κ3) is 2.36. The predicted molar refractivity (Wildman–Crippen MR) is 50.2 cm³/mol. The first-order valence-electron chi connectivity index (χ1n) is 4.80. The SMILES string of the molecule is CCOCC1(CO)CCN(C(=O)O)C1. The summed E-state index contributed by atoms with van der Waals surface area (Å²) in [5.74, 6) is 0. The van der Waals surface area contributed by atoms with Gasteiger partial charge in [0.15, 0.2) is 0 Å². The molecule has 1 rings (SSSR count). The van der Waals surface area contributed by atoms with Gasteiger partial charge >= 0.3 is 6.09 Å². The third-order valence-electron chi connectivity index (χ3n) is 2.66. The highest BCUT2D eigenvalue weighted by Crippen LogP contribution is 2.30. The van der Waals surface area contributed by atoms with E-state index >= 15 is 0 Å². The van der Waals surface area contributed by atoms with Gasteiger partial charge in [-0.3, -0.25) is 0 Å². The zero-order valence-corrected chi connectivity index (χ0v) is 8.40. The van der Waals surface area contributed by atoms with Gasteiger partial charge < -0.3 is 19.8 Å². The summed E-state index contributed by atoms with van der Waals surface area (Å²) in [4.78, 5) is 12.0. The van der Waals surface area contributed by atoms with Crippen molar-refractivity contribution in [2.75, 3.05) is 32.9 Å². The number of aliphatic hydroxyl groups excluding tert-OH is 1. The van der Waals surface area contributed by atoms with Gasteiger partial charge in [-0.1, -0.05) is 0 Å². The van der Waals surface area contributed by atoms with E-state index in [4.69, 9.17) is 9.84 Å². The largest absolute Gasteiger partial charge is 0.465 e. The molecule has 0 aromatic carbocycles. The summed E-state index contributed by atoms with van der Waals surface area (Å²) in [7, 11) is 0. The summed E-state index contributed by atoms with van der Waals surface area (Å²) in [6.45, 7) is 3.76. The van der Waals surface area contributed by atoms with Crippen molar-refractivity contribution in [3.63, 3.8) is 0 Å². The van der Waals surface area contributed by atoms with E-state index < -0.39 is 6.09 Å². The molecule has 0 spiro atoms. The van der Waals surface area contributed by atoms with Gasteiger partial charge in [-0.25, -0.2) is 4.79 Å². The Kier molecular flexibility index (Phi) is 3.71. The van der Waals surface area contributed by atoms with Crippen molar-refractivity contribution in [2.45, 2.75) is 13.3 Å². The summed E-state index contributed by atoms with van der Waals surface area (Å²) in [5, 5.41) is 18.0. The van der Waals surface area contributed by atoms with Crippen LogP contribution in [0.4, 0.5) is 4.79 Å². The average molecular weight is 203 g/mol. The standard InChI is InChI=1S/C9H17NO4/c1-2-14-7-9(6-11)3-4-10(5-9)8(12)13/h11H,2-7H2,1H3,(H,12,13). The van der Waals surface area contributed by atoms with Gasteiger partial charge in [0.25, 0.3) is 0 Å². The lowest BCUT2D eigenvalue weighted by Gasteiger charge is -2.25. The number of rotatable bonds is 4. The molecule has 0 aromatic rings. The summed E-state index contributed by atoms with van der Waals surface area (Å²) >= 11 is 0. The van der Waals surface area contributed by atoms with Gasteiger partial charge in [0.2, 0.25) is 0 Å². The van der Waals surface area contributed by atoms with Gasteiger partial charge in [0.05, 0.1) is 13.2 Å². The number of likely N-dealkylation sites (tertiary alicyclic amines) is 1. The number of hydrogen-bond acceptors (Lipinski definition) is 3. The van der Waals surface area contributed by atoms with Crippen molar-refractivity contribution in [1.29, 1.82) is 0 Å².